The van der Waals surface area contributed by atoms with Crippen molar-refractivity contribution in [1.29, 1.82) is 0 Å². The molecule has 1 aliphatic rings. The maximum atomic E-state index is 13.1. The number of aromatic amines is 1. The smallest absolute Gasteiger partial charge is 0.287 e. The fraction of sp³-hybridized carbons (Fsp3) is 0.235. The summed E-state index contributed by atoms with van der Waals surface area (Å²) in [6, 6.07) is 5.92. The Balaban J connectivity index is 1.63. The van der Waals surface area contributed by atoms with Crippen LogP contribution in [0.5, 0.6) is 0 Å². The number of hydrogen-bond donors (Lipinski definition) is 2. The van der Waals surface area contributed by atoms with Crippen LogP contribution in [0.3, 0.4) is 0 Å². The molecule has 4 heterocycles. The van der Waals surface area contributed by atoms with Gasteiger partial charge in [-0.15, -0.1) is 0 Å². The second-order valence-electron chi connectivity index (χ2n) is 6.15. The van der Waals surface area contributed by atoms with Crippen molar-refractivity contribution in [1.82, 2.24) is 23.9 Å². The zero-order valence-corrected chi connectivity index (χ0v) is 13.9. The molecule has 138 valence electrons. The molecule has 0 bridgehead atoms. The highest BCUT2D eigenvalue weighted by atomic mass is 19.1. The van der Waals surface area contributed by atoms with Crippen molar-refractivity contribution >= 4 is 16.9 Å². The topological polar surface area (TPSA) is 107 Å². The maximum absolute atomic E-state index is 13.1. The Morgan fingerprint density at radius 3 is 2.89 bits per heavy atom. The summed E-state index contributed by atoms with van der Waals surface area (Å²) in [5.74, 6) is -0.0136. The van der Waals surface area contributed by atoms with Gasteiger partial charge < -0.3 is 19.6 Å². The number of aromatic nitrogens is 5. The Hall–Kier alpha value is -3.08. The van der Waals surface area contributed by atoms with E-state index >= 15 is 0 Å². The monoisotopic (exact) mass is 371 g/mol. The van der Waals surface area contributed by atoms with Gasteiger partial charge in [-0.05, 0) is 29.8 Å². The fourth-order valence-electron chi connectivity index (χ4n) is 3.14. The second kappa shape index (κ2) is 5.98. The molecular weight excluding hydrogens is 357 g/mol. The SMILES string of the molecule is O=c1c2ncn([C@H]3CO[C@@H](CO)O3)c2nc2[nH]c(-c3ccc(F)cc3)cn12. The van der Waals surface area contributed by atoms with Crippen molar-refractivity contribution in [3.8, 4) is 11.3 Å². The Morgan fingerprint density at radius 2 is 2.15 bits per heavy atom. The summed E-state index contributed by atoms with van der Waals surface area (Å²) >= 11 is 0. The molecule has 27 heavy (non-hydrogen) atoms. The Morgan fingerprint density at radius 1 is 1.33 bits per heavy atom. The quantitative estimate of drug-likeness (QED) is 0.557. The van der Waals surface area contributed by atoms with Gasteiger partial charge in [0.05, 0.1) is 25.2 Å². The summed E-state index contributed by atoms with van der Waals surface area (Å²) in [6.45, 7) is -0.0512. The number of rotatable bonds is 3. The lowest BCUT2D eigenvalue weighted by Crippen LogP contribution is -2.17. The van der Waals surface area contributed by atoms with Crippen LogP contribution in [0, 0.1) is 5.82 Å². The molecule has 1 aromatic carbocycles. The zero-order valence-electron chi connectivity index (χ0n) is 13.9. The Bertz CT molecular complexity index is 1200. The molecule has 0 saturated carbocycles. The van der Waals surface area contributed by atoms with Crippen LogP contribution in [0.4, 0.5) is 4.39 Å². The van der Waals surface area contributed by atoms with Gasteiger partial charge in [-0.1, -0.05) is 0 Å². The molecular formula is C17H14FN5O4. The highest BCUT2D eigenvalue weighted by Crippen LogP contribution is 2.24. The molecule has 1 aliphatic heterocycles. The van der Waals surface area contributed by atoms with Crippen LogP contribution >= 0.6 is 0 Å². The summed E-state index contributed by atoms with van der Waals surface area (Å²) in [4.78, 5) is 24.5. The number of halogens is 1. The van der Waals surface area contributed by atoms with Crippen LogP contribution in [-0.4, -0.2) is 48.5 Å². The molecule has 3 aromatic heterocycles. The third-order valence-electron chi connectivity index (χ3n) is 4.48. The van der Waals surface area contributed by atoms with Crippen molar-refractivity contribution in [2.75, 3.05) is 13.2 Å². The summed E-state index contributed by atoms with van der Waals surface area (Å²) in [7, 11) is 0. The molecule has 2 N–H and O–H groups in total. The highest BCUT2D eigenvalue weighted by molar-refractivity contribution is 5.73. The first kappa shape index (κ1) is 16.1. The zero-order chi connectivity index (χ0) is 18.5. The van der Waals surface area contributed by atoms with Crippen molar-refractivity contribution < 1.29 is 19.0 Å². The van der Waals surface area contributed by atoms with Gasteiger partial charge in [0.15, 0.2) is 23.7 Å². The normalized spacial score (nSPS) is 20.1. The van der Waals surface area contributed by atoms with E-state index in [1.165, 1.54) is 22.9 Å². The van der Waals surface area contributed by atoms with E-state index in [9.17, 15) is 9.18 Å². The number of aliphatic hydroxyl groups is 1. The van der Waals surface area contributed by atoms with Crippen molar-refractivity contribution in [2.45, 2.75) is 12.5 Å². The summed E-state index contributed by atoms with van der Waals surface area (Å²) in [5, 5.41) is 9.14. The average molecular weight is 371 g/mol. The molecule has 4 aromatic rings. The summed E-state index contributed by atoms with van der Waals surface area (Å²) in [6.07, 6.45) is 1.82. The third-order valence-corrected chi connectivity index (χ3v) is 4.48. The van der Waals surface area contributed by atoms with E-state index < -0.39 is 12.5 Å². The number of nitrogens with one attached hydrogen (secondary N) is 1. The second-order valence-corrected chi connectivity index (χ2v) is 6.15. The number of aliphatic hydroxyl groups excluding tert-OH is 1. The van der Waals surface area contributed by atoms with E-state index in [0.29, 0.717) is 17.1 Å². The maximum Gasteiger partial charge on any atom is 0.287 e. The lowest BCUT2D eigenvalue weighted by molar-refractivity contribution is -0.0980. The number of hydrogen-bond acceptors (Lipinski definition) is 6. The molecule has 10 heteroatoms. The van der Waals surface area contributed by atoms with Crippen LogP contribution in [0.1, 0.15) is 6.23 Å². The van der Waals surface area contributed by atoms with Gasteiger partial charge >= 0.3 is 0 Å². The predicted molar refractivity (Wildman–Crippen MR) is 91.4 cm³/mol. The van der Waals surface area contributed by atoms with Crippen LogP contribution in [0.2, 0.25) is 0 Å². The molecule has 9 nitrogen and oxygen atoms in total. The lowest BCUT2D eigenvalue weighted by atomic mass is 10.2. The highest BCUT2D eigenvalue weighted by Gasteiger charge is 2.29. The number of imidazole rings is 2. The van der Waals surface area contributed by atoms with Crippen molar-refractivity contribution in [3.05, 3.63) is 53.0 Å². The van der Waals surface area contributed by atoms with Crippen LogP contribution in [-0.2, 0) is 9.47 Å². The van der Waals surface area contributed by atoms with E-state index in [-0.39, 0.29) is 30.1 Å². The van der Waals surface area contributed by atoms with Crippen LogP contribution in [0.15, 0.2) is 41.6 Å². The number of H-pyrrole nitrogens is 1. The van der Waals surface area contributed by atoms with E-state index in [1.807, 2.05) is 0 Å². The minimum Gasteiger partial charge on any atom is -0.391 e. The fourth-order valence-corrected chi connectivity index (χ4v) is 3.14. The van der Waals surface area contributed by atoms with E-state index in [1.54, 1.807) is 22.9 Å². The standard InChI is InChI=1S/C17H14FN5O4/c18-10-3-1-9(2-4-10)11-5-22-16(25)14-15(21-17(22)20-11)23(8-19-14)12-7-26-13(6-24)27-12/h1-5,8,12-13,24H,6-7H2,(H,20,21)/t12-,13-/m1/s1. The first-order valence-corrected chi connectivity index (χ1v) is 8.26. The predicted octanol–water partition coefficient (Wildman–Crippen LogP) is 1.04. The largest absolute Gasteiger partial charge is 0.391 e. The molecule has 0 unspecified atom stereocenters. The van der Waals surface area contributed by atoms with Gasteiger partial charge in [-0.2, -0.15) is 4.98 Å². The molecule has 0 spiro atoms. The summed E-state index contributed by atoms with van der Waals surface area (Å²) in [5.41, 5.74) is 1.55. The van der Waals surface area contributed by atoms with E-state index in [2.05, 4.69) is 15.0 Å². The molecule has 2 atom stereocenters. The van der Waals surface area contributed by atoms with Crippen molar-refractivity contribution in [3.63, 3.8) is 0 Å². The molecule has 0 aliphatic carbocycles. The van der Waals surface area contributed by atoms with Crippen molar-refractivity contribution in [2.24, 2.45) is 0 Å². The van der Waals surface area contributed by atoms with Crippen LogP contribution < -0.4 is 5.56 Å². The first-order chi connectivity index (χ1) is 13.1. The van der Waals surface area contributed by atoms with Gasteiger partial charge in [0, 0.05) is 6.20 Å². The Kier molecular flexibility index (Phi) is 3.57. The number of nitrogens with zero attached hydrogens (tertiary/aromatic N) is 4. The number of benzene rings is 1. The van der Waals surface area contributed by atoms with E-state index in [4.69, 9.17) is 14.6 Å². The molecule has 1 fully saturated rings. The molecule has 1 saturated heterocycles. The minimum atomic E-state index is -0.715. The van der Waals surface area contributed by atoms with E-state index in [0.717, 1.165) is 5.56 Å². The first-order valence-electron chi connectivity index (χ1n) is 8.26. The number of ether oxygens (including phenoxy) is 2. The average Bonchev–Trinajstić information content (AvgIpc) is 3.40. The molecule has 5 rings (SSSR count). The summed E-state index contributed by atoms with van der Waals surface area (Å²) < 4.78 is 27.0. The molecule has 0 radical (unpaired) electrons. The minimum absolute atomic E-state index is 0.188. The lowest BCUT2D eigenvalue weighted by Gasteiger charge is -2.11. The van der Waals surface area contributed by atoms with Gasteiger partial charge in [0.2, 0.25) is 5.78 Å². The van der Waals surface area contributed by atoms with Gasteiger partial charge in [0.25, 0.3) is 5.56 Å². The third kappa shape index (κ3) is 2.53. The number of fused-ring (bicyclic) bond motifs is 2. The van der Waals surface area contributed by atoms with Gasteiger partial charge in [-0.25, -0.2) is 13.8 Å². The Labute approximate surface area is 150 Å². The molecule has 0 amide bonds. The van der Waals surface area contributed by atoms with Gasteiger partial charge in [-0.3, -0.25) is 9.36 Å². The van der Waals surface area contributed by atoms with Crippen LogP contribution in [0.25, 0.3) is 28.2 Å². The van der Waals surface area contributed by atoms with Gasteiger partial charge in [0.1, 0.15) is 5.82 Å².